The first kappa shape index (κ1) is 57.1. The van der Waals surface area contributed by atoms with Crippen molar-refractivity contribution in [3.05, 3.63) is 60.8 Å². The molecule has 0 aliphatic heterocycles. The third-order valence-electron chi connectivity index (χ3n) is 10.8. The molecule has 346 valence electrons. The molecule has 0 saturated heterocycles. The van der Waals surface area contributed by atoms with Crippen molar-refractivity contribution in [2.75, 3.05) is 13.2 Å². The summed E-state index contributed by atoms with van der Waals surface area (Å²) in [6.07, 6.45) is 59.2. The molecule has 0 aromatic heterocycles. The molecule has 0 rings (SSSR count). The van der Waals surface area contributed by atoms with Gasteiger partial charge >= 0.3 is 17.9 Å². The van der Waals surface area contributed by atoms with Gasteiger partial charge in [0.15, 0.2) is 6.10 Å². The minimum absolute atomic E-state index is 0.0811. The minimum atomic E-state index is -0.781. The normalized spacial score (nSPS) is 12.5. The Labute approximate surface area is 370 Å². The van der Waals surface area contributed by atoms with E-state index in [4.69, 9.17) is 14.2 Å². The number of carbonyl (C=O) groups excluding carboxylic acids is 3. The van der Waals surface area contributed by atoms with Gasteiger partial charge in [-0.3, -0.25) is 14.4 Å². The van der Waals surface area contributed by atoms with Crippen LogP contribution in [0.3, 0.4) is 0 Å². The summed E-state index contributed by atoms with van der Waals surface area (Å²) in [6.45, 7) is 6.47. The Hall–Kier alpha value is -2.89. The largest absolute Gasteiger partial charge is 0.462 e. The molecule has 60 heavy (non-hydrogen) atoms. The molecule has 0 aliphatic carbocycles. The Morgan fingerprint density at radius 1 is 0.350 bits per heavy atom. The Balaban J connectivity index is 4.36. The third-order valence-corrected chi connectivity index (χ3v) is 10.8. The molecule has 6 nitrogen and oxygen atoms in total. The lowest BCUT2D eigenvalue weighted by Gasteiger charge is -2.18. The summed E-state index contributed by atoms with van der Waals surface area (Å²) in [5.41, 5.74) is 0. The molecule has 0 spiro atoms. The first-order valence-electron chi connectivity index (χ1n) is 25.3. The standard InChI is InChI=1S/C54H94O6/c1-4-7-10-13-16-19-21-23-25-27-29-30-32-35-38-41-44-47-53(56)59-50-51(49-58-52(55)46-43-40-37-34-18-15-12-9-6-3)60-54(57)48-45-42-39-36-33-31-28-26-24-22-20-17-14-11-8-5-2/h8,11,16-17,19-20,23-26,51H,4-7,9-10,12-15,18,21-22,27-50H2,1-3H3/b11-8-,19-16-,20-17-,25-23-,26-24-. The SMILES string of the molecule is CC/C=C\C/C=C\C/C=C\CCCCCCCCC(=O)OC(COC(=O)CCCCCCCCC/C=C\C/C=C\CCCCC)COC(=O)CCCCCCCCCCC. The highest BCUT2D eigenvalue weighted by molar-refractivity contribution is 5.71. The van der Waals surface area contributed by atoms with Crippen molar-refractivity contribution in [2.45, 2.75) is 252 Å². The fourth-order valence-corrected chi connectivity index (χ4v) is 6.96. The van der Waals surface area contributed by atoms with Gasteiger partial charge in [0.05, 0.1) is 0 Å². The zero-order chi connectivity index (χ0) is 43.7. The zero-order valence-electron chi connectivity index (χ0n) is 39.5. The average Bonchev–Trinajstić information content (AvgIpc) is 3.24. The summed E-state index contributed by atoms with van der Waals surface area (Å²) < 4.78 is 16.7. The van der Waals surface area contributed by atoms with E-state index in [9.17, 15) is 14.4 Å². The highest BCUT2D eigenvalue weighted by atomic mass is 16.6. The van der Waals surface area contributed by atoms with Gasteiger partial charge < -0.3 is 14.2 Å². The number of unbranched alkanes of at least 4 members (excludes halogenated alkanes) is 24. The quantitative estimate of drug-likeness (QED) is 0.0263. The maximum Gasteiger partial charge on any atom is 0.306 e. The van der Waals surface area contributed by atoms with Crippen LogP contribution in [0, 0.1) is 0 Å². The lowest BCUT2D eigenvalue weighted by Crippen LogP contribution is -2.30. The lowest BCUT2D eigenvalue weighted by atomic mass is 10.1. The maximum absolute atomic E-state index is 12.8. The molecule has 0 aromatic carbocycles. The second-order valence-electron chi connectivity index (χ2n) is 16.7. The molecule has 0 saturated carbocycles. The van der Waals surface area contributed by atoms with Gasteiger partial charge in [0, 0.05) is 19.3 Å². The first-order valence-corrected chi connectivity index (χ1v) is 25.3. The fraction of sp³-hybridized carbons (Fsp3) is 0.759. The van der Waals surface area contributed by atoms with Gasteiger partial charge in [-0.15, -0.1) is 0 Å². The van der Waals surface area contributed by atoms with Crippen LogP contribution in [0.25, 0.3) is 0 Å². The Morgan fingerprint density at radius 3 is 1.05 bits per heavy atom. The van der Waals surface area contributed by atoms with E-state index in [-0.39, 0.29) is 31.1 Å². The monoisotopic (exact) mass is 839 g/mol. The van der Waals surface area contributed by atoms with Crippen LogP contribution in [0.2, 0.25) is 0 Å². The van der Waals surface area contributed by atoms with Gasteiger partial charge in [0.25, 0.3) is 0 Å². The molecule has 0 aromatic rings. The van der Waals surface area contributed by atoms with Gasteiger partial charge in [-0.1, -0.05) is 204 Å². The topological polar surface area (TPSA) is 78.9 Å². The third kappa shape index (κ3) is 46.2. The predicted octanol–water partition coefficient (Wildman–Crippen LogP) is 16.5. The van der Waals surface area contributed by atoms with E-state index >= 15 is 0 Å². The second kappa shape index (κ2) is 48.8. The molecule has 0 amide bonds. The van der Waals surface area contributed by atoms with Crippen molar-refractivity contribution in [3.8, 4) is 0 Å². The highest BCUT2D eigenvalue weighted by Gasteiger charge is 2.19. The molecule has 0 N–H and O–H groups in total. The summed E-state index contributed by atoms with van der Waals surface area (Å²) in [5, 5.41) is 0. The number of hydrogen-bond donors (Lipinski definition) is 0. The number of rotatable bonds is 45. The molecule has 0 heterocycles. The molecular weight excluding hydrogens is 745 g/mol. The van der Waals surface area contributed by atoms with Crippen LogP contribution in [0.1, 0.15) is 245 Å². The summed E-state index contributed by atoms with van der Waals surface area (Å²) in [4.78, 5) is 37.9. The van der Waals surface area contributed by atoms with Crippen LogP contribution in [0.15, 0.2) is 60.8 Å². The summed E-state index contributed by atoms with van der Waals surface area (Å²) in [5.74, 6) is -0.902. The first-order chi connectivity index (χ1) is 29.5. The smallest absolute Gasteiger partial charge is 0.306 e. The van der Waals surface area contributed by atoms with E-state index in [0.717, 1.165) is 103 Å². The van der Waals surface area contributed by atoms with Crippen molar-refractivity contribution < 1.29 is 28.6 Å². The molecule has 6 heteroatoms. The lowest BCUT2D eigenvalue weighted by molar-refractivity contribution is -0.167. The van der Waals surface area contributed by atoms with Crippen molar-refractivity contribution in [3.63, 3.8) is 0 Å². The van der Waals surface area contributed by atoms with Crippen LogP contribution in [0.4, 0.5) is 0 Å². The highest BCUT2D eigenvalue weighted by Crippen LogP contribution is 2.14. The second-order valence-corrected chi connectivity index (χ2v) is 16.7. The van der Waals surface area contributed by atoms with Crippen molar-refractivity contribution in [2.24, 2.45) is 0 Å². The van der Waals surface area contributed by atoms with Crippen molar-refractivity contribution in [1.29, 1.82) is 0 Å². The number of ether oxygens (including phenoxy) is 3. The molecule has 0 bridgehead atoms. The van der Waals surface area contributed by atoms with E-state index in [0.29, 0.717) is 19.3 Å². The zero-order valence-corrected chi connectivity index (χ0v) is 39.5. The average molecular weight is 839 g/mol. The van der Waals surface area contributed by atoms with Crippen LogP contribution < -0.4 is 0 Å². The van der Waals surface area contributed by atoms with E-state index in [1.54, 1.807) is 0 Å². The molecule has 0 radical (unpaired) electrons. The van der Waals surface area contributed by atoms with Crippen LogP contribution in [0.5, 0.6) is 0 Å². The summed E-state index contributed by atoms with van der Waals surface area (Å²) >= 11 is 0. The van der Waals surface area contributed by atoms with Crippen LogP contribution in [-0.2, 0) is 28.6 Å². The molecule has 1 unspecified atom stereocenters. The molecule has 0 fully saturated rings. The Bertz CT molecular complexity index is 1100. The Kier molecular flexibility index (Phi) is 46.4. The minimum Gasteiger partial charge on any atom is -0.462 e. The van der Waals surface area contributed by atoms with Gasteiger partial charge in [-0.25, -0.2) is 0 Å². The van der Waals surface area contributed by atoms with Gasteiger partial charge in [-0.05, 0) is 83.5 Å². The van der Waals surface area contributed by atoms with Crippen molar-refractivity contribution in [1.82, 2.24) is 0 Å². The maximum atomic E-state index is 12.8. The number of carbonyl (C=O) groups is 3. The van der Waals surface area contributed by atoms with E-state index in [2.05, 4.69) is 81.5 Å². The number of esters is 3. The summed E-state index contributed by atoms with van der Waals surface area (Å²) in [7, 11) is 0. The van der Waals surface area contributed by atoms with E-state index < -0.39 is 6.10 Å². The van der Waals surface area contributed by atoms with E-state index in [1.807, 2.05) is 0 Å². The molecule has 1 atom stereocenters. The fourth-order valence-electron chi connectivity index (χ4n) is 6.96. The predicted molar refractivity (Wildman–Crippen MR) is 256 cm³/mol. The summed E-state index contributed by atoms with van der Waals surface area (Å²) in [6, 6.07) is 0. The van der Waals surface area contributed by atoms with E-state index in [1.165, 1.54) is 103 Å². The van der Waals surface area contributed by atoms with Crippen LogP contribution in [-0.4, -0.2) is 37.2 Å². The van der Waals surface area contributed by atoms with Crippen molar-refractivity contribution >= 4 is 17.9 Å². The Morgan fingerprint density at radius 2 is 0.650 bits per heavy atom. The van der Waals surface area contributed by atoms with Gasteiger partial charge in [0.1, 0.15) is 13.2 Å². The molecule has 0 aliphatic rings. The van der Waals surface area contributed by atoms with Gasteiger partial charge in [-0.2, -0.15) is 0 Å². The van der Waals surface area contributed by atoms with Gasteiger partial charge in [0.2, 0.25) is 0 Å². The van der Waals surface area contributed by atoms with Crippen LogP contribution >= 0.6 is 0 Å². The molecular formula is C54H94O6. The number of hydrogen-bond acceptors (Lipinski definition) is 6. The number of allylic oxidation sites excluding steroid dienone is 10.